The van der Waals surface area contributed by atoms with Gasteiger partial charge in [-0.15, -0.1) is 0 Å². The molecule has 1 heterocycles. The summed E-state index contributed by atoms with van der Waals surface area (Å²) in [6, 6.07) is 1.81. The van der Waals surface area contributed by atoms with E-state index in [1.165, 1.54) is 12.8 Å². The molecule has 2 fully saturated rings. The van der Waals surface area contributed by atoms with E-state index in [4.69, 9.17) is 0 Å². The minimum Gasteiger partial charge on any atom is -0.354 e. The molecule has 1 aromatic rings. The van der Waals surface area contributed by atoms with Crippen LogP contribution in [0.1, 0.15) is 36.0 Å². The van der Waals surface area contributed by atoms with Crippen LogP contribution < -0.4 is 5.32 Å². The van der Waals surface area contributed by atoms with Gasteiger partial charge in [0.25, 0.3) is 0 Å². The predicted molar refractivity (Wildman–Crippen MR) is 67.2 cm³/mol. The third-order valence-electron chi connectivity index (χ3n) is 3.59. The average Bonchev–Trinajstić information content (AvgIpc) is 3.25. The fourth-order valence-electron chi connectivity index (χ4n) is 2.07. The molecule has 0 bridgehead atoms. The highest BCUT2D eigenvalue weighted by molar-refractivity contribution is 5.99. The van der Waals surface area contributed by atoms with E-state index in [2.05, 4.69) is 5.32 Å². The van der Waals surface area contributed by atoms with Crippen molar-refractivity contribution in [3.63, 3.8) is 0 Å². The zero-order valence-electron chi connectivity index (χ0n) is 10.4. The maximum Gasteiger partial charge on any atom is 0.239 e. The molecule has 2 saturated carbocycles. The molecule has 0 radical (unpaired) electrons. The van der Waals surface area contributed by atoms with Crippen LogP contribution in [0.5, 0.6) is 0 Å². The molecule has 96 valence electrons. The number of rotatable bonds is 6. The van der Waals surface area contributed by atoms with Crippen molar-refractivity contribution in [3.8, 4) is 0 Å². The lowest BCUT2D eigenvalue weighted by Gasteiger charge is -2.04. The van der Waals surface area contributed by atoms with Crippen molar-refractivity contribution in [3.05, 3.63) is 24.0 Å². The topological polar surface area (TPSA) is 51.1 Å². The number of ketones is 1. The molecule has 2 aliphatic rings. The number of amides is 1. The summed E-state index contributed by atoms with van der Waals surface area (Å²) in [7, 11) is 0. The summed E-state index contributed by atoms with van der Waals surface area (Å²) in [5.74, 6) is 1.20. The first-order chi connectivity index (χ1) is 8.72. The summed E-state index contributed by atoms with van der Waals surface area (Å²) in [5, 5.41) is 2.92. The van der Waals surface area contributed by atoms with Crippen LogP contribution in [-0.4, -0.2) is 22.8 Å². The second-order valence-corrected chi connectivity index (χ2v) is 5.46. The van der Waals surface area contributed by atoms with Crippen LogP contribution in [-0.2, 0) is 11.3 Å². The number of nitrogens with zero attached hydrogens (tertiary/aromatic N) is 1. The normalized spacial score (nSPS) is 18.7. The van der Waals surface area contributed by atoms with Gasteiger partial charge in [-0.05, 0) is 37.7 Å². The molecule has 0 saturated heterocycles. The van der Waals surface area contributed by atoms with Crippen LogP contribution in [0.4, 0.5) is 0 Å². The molecule has 0 atom stereocenters. The van der Waals surface area contributed by atoms with E-state index in [0.717, 1.165) is 24.9 Å². The number of nitrogens with one attached hydrogen (secondary N) is 1. The molecule has 1 aromatic heterocycles. The molecular weight excluding hydrogens is 228 g/mol. The van der Waals surface area contributed by atoms with E-state index in [1.807, 2.05) is 12.3 Å². The predicted octanol–water partition coefficient (Wildman–Crippen LogP) is 1.61. The lowest BCUT2D eigenvalue weighted by Crippen LogP contribution is -2.28. The van der Waals surface area contributed by atoms with Crippen LogP contribution in [0.25, 0.3) is 0 Å². The molecular formula is C14H18N2O2. The Morgan fingerprint density at radius 2 is 2.06 bits per heavy atom. The molecule has 4 heteroatoms. The smallest absolute Gasteiger partial charge is 0.239 e. The van der Waals surface area contributed by atoms with Gasteiger partial charge in [-0.1, -0.05) is 0 Å². The van der Waals surface area contributed by atoms with Crippen molar-refractivity contribution in [2.24, 2.45) is 11.8 Å². The van der Waals surface area contributed by atoms with Gasteiger partial charge in [0.2, 0.25) is 5.91 Å². The Balaban J connectivity index is 1.52. The highest BCUT2D eigenvalue weighted by Crippen LogP contribution is 2.32. The van der Waals surface area contributed by atoms with Crippen molar-refractivity contribution in [1.29, 1.82) is 0 Å². The van der Waals surface area contributed by atoms with Gasteiger partial charge in [0.15, 0.2) is 5.78 Å². The van der Waals surface area contributed by atoms with Gasteiger partial charge in [0.1, 0.15) is 6.54 Å². The fourth-order valence-corrected chi connectivity index (χ4v) is 2.07. The van der Waals surface area contributed by atoms with Gasteiger partial charge in [-0.25, -0.2) is 0 Å². The monoisotopic (exact) mass is 246 g/mol. The van der Waals surface area contributed by atoms with Crippen LogP contribution >= 0.6 is 0 Å². The lowest BCUT2D eigenvalue weighted by molar-refractivity contribution is -0.121. The number of Topliss-reactive ketones (excluding diaryl/α,β-unsaturated/α-hetero) is 1. The lowest BCUT2D eigenvalue weighted by atomic mass is 10.1. The maximum atomic E-state index is 11.8. The maximum absolute atomic E-state index is 11.8. The fraction of sp³-hybridized carbons (Fsp3) is 0.571. The summed E-state index contributed by atoms with van der Waals surface area (Å²) in [6.45, 7) is 1.11. The number of aromatic nitrogens is 1. The molecule has 0 spiro atoms. The number of carbonyl (C=O) groups is 2. The Morgan fingerprint density at radius 1 is 1.28 bits per heavy atom. The zero-order valence-corrected chi connectivity index (χ0v) is 10.4. The molecule has 0 aliphatic heterocycles. The number of carbonyl (C=O) groups excluding carboxylic acids is 2. The molecule has 3 rings (SSSR count). The van der Waals surface area contributed by atoms with Crippen molar-refractivity contribution in [2.75, 3.05) is 6.54 Å². The summed E-state index contributed by atoms with van der Waals surface area (Å²) >= 11 is 0. The molecule has 2 aliphatic carbocycles. The molecule has 1 N–H and O–H groups in total. The quantitative estimate of drug-likeness (QED) is 0.775. The third kappa shape index (κ3) is 2.81. The van der Waals surface area contributed by atoms with Crippen LogP contribution in [0.2, 0.25) is 0 Å². The van der Waals surface area contributed by atoms with Crippen molar-refractivity contribution in [2.45, 2.75) is 32.2 Å². The first-order valence-corrected chi connectivity index (χ1v) is 6.69. The van der Waals surface area contributed by atoms with E-state index >= 15 is 0 Å². The molecule has 1 amide bonds. The molecule has 4 nitrogen and oxygen atoms in total. The van der Waals surface area contributed by atoms with Gasteiger partial charge in [0, 0.05) is 30.4 Å². The van der Waals surface area contributed by atoms with Crippen molar-refractivity contribution < 1.29 is 9.59 Å². The number of hydrogen-bond donors (Lipinski definition) is 1. The van der Waals surface area contributed by atoms with Crippen molar-refractivity contribution in [1.82, 2.24) is 9.88 Å². The van der Waals surface area contributed by atoms with Crippen LogP contribution in [0.15, 0.2) is 18.5 Å². The third-order valence-corrected chi connectivity index (χ3v) is 3.59. The van der Waals surface area contributed by atoms with Crippen LogP contribution in [0, 0.1) is 11.8 Å². The zero-order chi connectivity index (χ0) is 12.5. The first-order valence-electron chi connectivity index (χ1n) is 6.69. The van der Waals surface area contributed by atoms with E-state index in [1.54, 1.807) is 10.8 Å². The second kappa shape index (κ2) is 4.59. The Kier molecular flexibility index (Phi) is 2.94. The van der Waals surface area contributed by atoms with Gasteiger partial charge < -0.3 is 9.88 Å². The molecule has 0 unspecified atom stereocenters. The minimum absolute atomic E-state index is 0.0305. The summed E-state index contributed by atoms with van der Waals surface area (Å²) in [4.78, 5) is 23.5. The van der Waals surface area contributed by atoms with E-state index in [0.29, 0.717) is 12.5 Å². The van der Waals surface area contributed by atoms with Gasteiger partial charge in [0.05, 0.1) is 0 Å². The Hall–Kier alpha value is -1.58. The standard InChI is InChI=1S/C14H18N2O2/c17-13(15-7-10-1-2-10)9-16-6-5-12(8-16)14(18)11-3-4-11/h5-6,8,10-11H,1-4,7,9H2,(H,15,17). The highest BCUT2D eigenvalue weighted by atomic mass is 16.2. The van der Waals surface area contributed by atoms with Crippen LogP contribution in [0.3, 0.4) is 0 Å². The molecule has 0 aromatic carbocycles. The summed E-state index contributed by atoms with van der Waals surface area (Å²) in [6.07, 6.45) is 8.12. The van der Waals surface area contributed by atoms with Gasteiger partial charge in [-0.2, -0.15) is 0 Å². The molecule has 18 heavy (non-hydrogen) atoms. The SMILES string of the molecule is O=C(Cn1ccc(C(=O)C2CC2)c1)NCC1CC1. The average molecular weight is 246 g/mol. The highest BCUT2D eigenvalue weighted by Gasteiger charge is 2.30. The summed E-state index contributed by atoms with van der Waals surface area (Å²) < 4.78 is 1.79. The summed E-state index contributed by atoms with van der Waals surface area (Å²) in [5.41, 5.74) is 0.743. The van der Waals surface area contributed by atoms with E-state index < -0.39 is 0 Å². The van der Waals surface area contributed by atoms with Crippen molar-refractivity contribution >= 4 is 11.7 Å². The Bertz CT molecular complexity index is 470. The Morgan fingerprint density at radius 3 is 2.72 bits per heavy atom. The number of hydrogen-bond acceptors (Lipinski definition) is 2. The second-order valence-electron chi connectivity index (χ2n) is 5.46. The largest absolute Gasteiger partial charge is 0.354 e. The van der Waals surface area contributed by atoms with E-state index in [9.17, 15) is 9.59 Å². The first kappa shape index (κ1) is 11.5. The van der Waals surface area contributed by atoms with Gasteiger partial charge >= 0.3 is 0 Å². The van der Waals surface area contributed by atoms with E-state index in [-0.39, 0.29) is 17.6 Å². The van der Waals surface area contributed by atoms with Gasteiger partial charge in [-0.3, -0.25) is 9.59 Å². The minimum atomic E-state index is 0.0305. The Labute approximate surface area is 106 Å².